The van der Waals surface area contributed by atoms with Gasteiger partial charge in [-0.2, -0.15) is 0 Å². The molecular formula is C17H20BrNO. The van der Waals surface area contributed by atoms with Crippen molar-refractivity contribution in [3.63, 3.8) is 0 Å². The highest BCUT2D eigenvalue weighted by molar-refractivity contribution is 9.09. The zero-order valence-corrected chi connectivity index (χ0v) is 13.3. The third-order valence-corrected chi connectivity index (χ3v) is 4.02. The van der Waals surface area contributed by atoms with Gasteiger partial charge in [-0.25, -0.2) is 0 Å². The molecule has 0 atom stereocenters. The maximum Gasteiger partial charge on any atom is 0.108 e. The van der Waals surface area contributed by atoms with Gasteiger partial charge in [-0.15, -0.1) is 0 Å². The molecule has 0 aliphatic rings. The van der Waals surface area contributed by atoms with Crippen LogP contribution in [0.2, 0.25) is 0 Å². The Balaban J connectivity index is 2.09. The van der Waals surface area contributed by atoms with Gasteiger partial charge >= 0.3 is 0 Å². The summed E-state index contributed by atoms with van der Waals surface area (Å²) in [6.07, 6.45) is 0.00104. The number of hydrogen-bond donors (Lipinski definition) is 0. The largest absolute Gasteiger partial charge is 0.367 e. The maximum atomic E-state index is 6.12. The van der Waals surface area contributed by atoms with Crippen LogP contribution in [0.3, 0.4) is 0 Å². The molecule has 2 nitrogen and oxygen atoms in total. The van der Waals surface area contributed by atoms with Crippen molar-refractivity contribution in [3.05, 3.63) is 71.8 Å². The fourth-order valence-corrected chi connectivity index (χ4v) is 2.28. The number of benzene rings is 2. The van der Waals surface area contributed by atoms with Crippen LogP contribution in [0.5, 0.6) is 0 Å². The monoisotopic (exact) mass is 333 g/mol. The first-order valence-electron chi connectivity index (χ1n) is 6.77. The van der Waals surface area contributed by atoms with E-state index in [1.54, 1.807) is 0 Å². The summed E-state index contributed by atoms with van der Waals surface area (Å²) in [7, 11) is 2.07. The van der Waals surface area contributed by atoms with Gasteiger partial charge in [0.15, 0.2) is 0 Å². The van der Waals surface area contributed by atoms with Crippen molar-refractivity contribution < 1.29 is 4.74 Å². The molecule has 0 unspecified atom stereocenters. The van der Waals surface area contributed by atoms with Gasteiger partial charge in [0.05, 0.1) is 12.1 Å². The minimum absolute atomic E-state index is 0.00104. The summed E-state index contributed by atoms with van der Waals surface area (Å²) >= 11 is 3.44. The van der Waals surface area contributed by atoms with Crippen molar-refractivity contribution in [2.45, 2.75) is 6.10 Å². The second-order valence-electron chi connectivity index (χ2n) is 4.77. The van der Waals surface area contributed by atoms with Gasteiger partial charge < -0.3 is 4.74 Å². The quantitative estimate of drug-likeness (QED) is 0.559. The average Bonchev–Trinajstić information content (AvgIpc) is 2.53. The number of rotatable bonds is 7. The molecule has 0 saturated heterocycles. The molecule has 0 N–H and O–H groups in total. The van der Waals surface area contributed by atoms with Crippen LogP contribution in [0.1, 0.15) is 17.2 Å². The molecule has 0 aromatic heterocycles. The van der Waals surface area contributed by atoms with Crippen molar-refractivity contribution in [2.24, 2.45) is 0 Å². The highest BCUT2D eigenvalue weighted by Gasteiger charge is 2.14. The molecule has 2 aromatic carbocycles. The first kappa shape index (κ1) is 15.2. The molecule has 0 aliphatic heterocycles. The van der Waals surface area contributed by atoms with Gasteiger partial charge in [0.2, 0.25) is 0 Å². The van der Waals surface area contributed by atoms with E-state index in [1.807, 2.05) is 12.1 Å². The fourth-order valence-electron chi connectivity index (χ4n) is 2.03. The van der Waals surface area contributed by atoms with E-state index in [4.69, 9.17) is 4.74 Å². The molecular weight excluding hydrogens is 314 g/mol. The number of alkyl halides is 1. The van der Waals surface area contributed by atoms with E-state index in [9.17, 15) is 0 Å². The van der Waals surface area contributed by atoms with E-state index in [0.29, 0.717) is 6.61 Å². The van der Waals surface area contributed by atoms with Crippen molar-refractivity contribution in [1.29, 1.82) is 0 Å². The Morgan fingerprint density at radius 1 is 0.950 bits per heavy atom. The summed E-state index contributed by atoms with van der Waals surface area (Å²) in [5.74, 6) is 0. The summed E-state index contributed by atoms with van der Waals surface area (Å²) in [6.45, 7) is 1.61. The fraction of sp³-hybridized carbons (Fsp3) is 0.294. The van der Waals surface area contributed by atoms with E-state index in [2.05, 4.69) is 76.4 Å². The molecule has 0 heterocycles. The Kier molecular flexibility index (Phi) is 6.25. The molecule has 0 saturated carbocycles. The predicted octanol–water partition coefficient (Wildman–Crippen LogP) is 4.08. The second-order valence-corrected chi connectivity index (χ2v) is 5.27. The van der Waals surface area contributed by atoms with Crippen LogP contribution in [0, 0.1) is 0 Å². The lowest BCUT2D eigenvalue weighted by atomic mass is 10.0. The van der Waals surface area contributed by atoms with Gasteiger partial charge in [-0.3, -0.25) is 4.90 Å². The van der Waals surface area contributed by atoms with Crippen LogP contribution >= 0.6 is 15.9 Å². The molecule has 0 radical (unpaired) electrons. The van der Waals surface area contributed by atoms with Crippen molar-refractivity contribution in [2.75, 3.05) is 25.7 Å². The minimum Gasteiger partial charge on any atom is -0.367 e. The predicted molar refractivity (Wildman–Crippen MR) is 87.1 cm³/mol. The van der Waals surface area contributed by atoms with Crippen molar-refractivity contribution in [3.8, 4) is 0 Å². The smallest absolute Gasteiger partial charge is 0.108 e. The van der Waals surface area contributed by atoms with E-state index in [0.717, 1.165) is 12.0 Å². The van der Waals surface area contributed by atoms with Crippen LogP contribution in [-0.2, 0) is 4.74 Å². The molecule has 3 heteroatoms. The molecule has 2 rings (SSSR count). The standard InChI is InChI=1S/C17H20BrNO/c1-19(14-18)12-13-20-17(15-8-4-2-5-9-15)16-10-6-3-7-11-16/h2-11,17H,12-14H2,1H3. The Hall–Kier alpha value is -1.16. The lowest BCUT2D eigenvalue weighted by Gasteiger charge is -2.21. The highest BCUT2D eigenvalue weighted by Crippen LogP contribution is 2.25. The topological polar surface area (TPSA) is 12.5 Å². The average molecular weight is 334 g/mol. The Morgan fingerprint density at radius 3 is 1.90 bits per heavy atom. The second kappa shape index (κ2) is 8.20. The molecule has 106 valence electrons. The normalized spacial score (nSPS) is 11.2. The van der Waals surface area contributed by atoms with Gasteiger partial charge in [-0.1, -0.05) is 76.6 Å². The maximum absolute atomic E-state index is 6.12. The Labute approximate surface area is 129 Å². The molecule has 2 aromatic rings. The summed E-state index contributed by atoms with van der Waals surface area (Å²) in [5, 5.41) is 0. The lowest BCUT2D eigenvalue weighted by Crippen LogP contribution is -2.22. The molecule has 0 fully saturated rings. The number of hydrogen-bond acceptors (Lipinski definition) is 2. The SMILES string of the molecule is CN(CBr)CCOC(c1ccccc1)c1ccccc1. The first-order chi connectivity index (χ1) is 9.81. The highest BCUT2D eigenvalue weighted by atomic mass is 79.9. The van der Waals surface area contributed by atoms with E-state index in [-0.39, 0.29) is 6.10 Å². The van der Waals surface area contributed by atoms with Crippen molar-refractivity contribution in [1.82, 2.24) is 4.90 Å². The molecule has 0 aliphatic carbocycles. The van der Waals surface area contributed by atoms with Crippen LogP contribution in [-0.4, -0.2) is 30.6 Å². The van der Waals surface area contributed by atoms with E-state index in [1.165, 1.54) is 11.1 Å². The third-order valence-electron chi connectivity index (χ3n) is 3.17. The summed E-state index contributed by atoms with van der Waals surface area (Å²) in [6, 6.07) is 20.8. The molecule has 0 amide bonds. The van der Waals surface area contributed by atoms with Gasteiger partial charge in [0.1, 0.15) is 6.10 Å². The van der Waals surface area contributed by atoms with Gasteiger partial charge in [-0.05, 0) is 18.2 Å². The first-order valence-corrected chi connectivity index (χ1v) is 7.89. The van der Waals surface area contributed by atoms with Crippen LogP contribution in [0.25, 0.3) is 0 Å². The summed E-state index contributed by atoms with van der Waals surface area (Å²) in [4.78, 5) is 2.17. The van der Waals surface area contributed by atoms with E-state index < -0.39 is 0 Å². The summed E-state index contributed by atoms with van der Waals surface area (Å²) < 4.78 is 6.12. The molecule has 20 heavy (non-hydrogen) atoms. The Bertz CT molecular complexity index is 449. The van der Waals surface area contributed by atoms with E-state index >= 15 is 0 Å². The number of nitrogens with zero attached hydrogens (tertiary/aromatic N) is 1. The summed E-state index contributed by atoms with van der Waals surface area (Å²) in [5.41, 5.74) is 3.25. The number of ether oxygens (including phenoxy) is 1. The number of halogens is 1. The number of likely N-dealkylation sites (N-methyl/N-ethyl adjacent to an activating group) is 1. The molecule has 0 bridgehead atoms. The lowest BCUT2D eigenvalue weighted by molar-refractivity contribution is 0.0680. The van der Waals surface area contributed by atoms with Gasteiger partial charge in [0.25, 0.3) is 0 Å². The Morgan fingerprint density at radius 2 is 1.45 bits per heavy atom. The van der Waals surface area contributed by atoms with Crippen molar-refractivity contribution >= 4 is 15.9 Å². The van der Waals surface area contributed by atoms with Crippen LogP contribution in [0.4, 0.5) is 0 Å². The minimum atomic E-state index is 0.00104. The molecule has 0 spiro atoms. The zero-order chi connectivity index (χ0) is 14.2. The van der Waals surface area contributed by atoms with Crippen LogP contribution < -0.4 is 0 Å². The third kappa shape index (κ3) is 4.44. The van der Waals surface area contributed by atoms with Crippen LogP contribution in [0.15, 0.2) is 60.7 Å². The van der Waals surface area contributed by atoms with Gasteiger partial charge in [0, 0.05) is 6.54 Å². The zero-order valence-electron chi connectivity index (χ0n) is 11.7.